The molecule has 0 saturated heterocycles. The average molecular weight is 676 g/mol. The Bertz CT molecular complexity index is 1540. The number of ether oxygens (including phenoxy) is 2. The highest BCUT2D eigenvalue weighted by Gasteiger charge is 2.28. The van der Waals surface area contributed by atoms with E-state index in [1.807, 2.05) is 54.6 Å². The van der Waals surface area contributed by atoms with Crippen molar-refractivity contribution in [3.05, 3.63) is 127 Å². The first-order chi connectivity index (χ1) is 18.7. The van der Waals surface area contributed by atoms with Gasteiger partial charge in [0.15, 0.2) is 4.90 Å². The number of methoxy groups -OCH3 is 1. The first-order valence-electron chi connectivity index (χ1n) is 11.7. The fourth-order valence-electron chi connectivity index (χ4n) is 4.05. The van der Waals surface area contributed by atoms with Crippen LogP contribution in [-0.4, -0.2) is 27.0 Å². The Morgan fingerprint density at radius 2 is 1.51 bits per heavy atom. The van der Waals surface area contributed by atoms with Crippen LogP contribution in [0.15, 0.2) is 105 Å². The van der Waals surface area contributed by atoms with Gasteiger partial charge in [-0.3, -0.25) is 10.1 Å². The van der Waals surface area contributed by atoms with Crippen LogP contribution in [0.25, 0.3) is 0 Å². The van der Waals surface area contributed by atoms with Crippen LogP contribution in [0.2, 0.25) is 0 Å². The molecule has 39 heavy (non-hydrogen) atoms. The van der Waals surface area contributed by atoms with Crippen molar-refractivity contribution in [3.8, 4) is 11.5 Å². The number of hydrogen-bond donors (Lipinski definition) is 1. The SMILES string of the molecule is COc1ccc(C(CNS(=O)(=O)c2ccccc2[N+](=O)[O-])c2c(Br)cc(OCc3ccccc3)cc2Br)cc1. The topological polar surface area (TPSA) is 108 Å². The molecule has 4 rings (SSSR count). The number of hydrogen-bond acceptors (Lipinski definition) is 6. The molecule has 1 unspecified atom stereocenters. The molecule has 0 radical (unpaired) electrons. The number of nitro benzene ring substituents is 1. The third kappa shape index (κ3) is 7.04. The lowest BCUT2D eigenvalue weighted by Crippen LogP contribution is -2.30. The average Bonchev–Trinajstić information content (AvgIpc) is 2.94. The van der Waals surface area contributed by atoms with E-state index >= 15 is 0 Å². The van der Waals surface area contributed by atoms with Crippen LogP contribution in [0.1, 0.15) is 22.6 Å². The Hall–Kier alpha value is -3.25. The van der Waals surface area contributed by atoms with E-state index in [9.17, 15) is 18.5 Å². The van der Waals surface area contributed by atoms with Gasteiger partial charge in [0.1, 0.15) is 18.1 Å². The summed E-state index contributed by atoms with van der Waals surface area (Å²) in [4.78, 5) is 10.3. The molecule has 0 amide bonds. The Morgan fingerprint density at radius 1 is 0.897 bits per heavy atom. The summed E-state index contributed by atoms with van der Waals surface area (Å²) in [6.45, 7) is 0.318. The maximum atomic E-state index is 13.2. The summed E-state index contributed by atoms with van der Waals surface area (Å²) in [7, 11) is -2.64. The minimum atomic E-state index is -4.20. The third-order valence-electron chi connectivity index (χ3n) is 6.00. The van der Waals surface area contributed by atoms with Gasteiger partial charge in [-0.05, 0) is 47.0 Å². The molecule has 8 nitrogen and oxygen atoms in total. The highest BCUT2D eigenvalue weighted by molar-refractivity contribution is 9.11. The van der Waals surface area contributed by atoms with Crippen molar-refractivity contribution < 1.29 is 22.8 Å². The van der Waals surface area contributed by atoms with Crippen LogP contribution in [0, 0.1) is 10.1 Å². The van der Waals surface area contributed by atoms with Gasteiger partial charge in [0, 0.05) is 27.5 Å². The van der Waals surface area contributed by atoms with Crippen molar-refractivity contribution in [3.63, 3.8) is 0 Å². The standard InChI is InChI=1S/C28H24Br2N2O6S/c1-37-21-13-11-20(12-14-21)23(17-31-39(35,36)27-10-6-5-9-26(27)32(33)34)28-24(29)15-22(16-25(28)30)38-18-19-7-3-2-4-8-19/h2-16,23,31H,17-18H2,1H3. The van der Waals surface area contributed by atoms with Gasteiger partial charge in [-0.2, -0.15) is 0 Å². The smallest absolute Gasteiger partial charge is 0.289 e. The van der Waals surface area contributed by atoms with Crippen molar-refractivity contribution in [1.29, 1.82) is 0 Å². The van der Waals surface area contributed by atoms with Gasteiger partial charge in [0.25, 0.3) is 5.69 Å². The Labute approximate surface area is 243 Å². The second-order valence-corrected chi connectivity index (χ2v) is 11.9. The number of rotatable bonds is 11. The number of benzene rings is 4. The van der Waals surface area contributed by atoms with E-state index < -0.39 is 31.4 Å². The summed E-state index contributed by atoms with van der Waals surface area (Å²) in [6.07, 6.45) is 0. The number of nitrogens with one attached hydrogen (secondary N) is 1. The third-order valence-corrected chi connectivity index (χ3v) is 8.78. The summed E-state index contributed by atoms with van der Waals surface area (Å²) in [6, 6.07) is 26.0. The maximum absolute atomic E-state index is 13.2. The normalized spacial score (nSPS) is 12.1. The van der Waals surface area contributed by atoms with E-state index in [1.165, 1.54) is 18.2 Å². The zero-order valence-electron chi connectivity index (χ0n) is 20.7. The maximum Gasteiger partial charge on any atom is 0.289 e. The Balaban J connectivity index is 1.67. The molecule has 1 atom stereocenters. The van der Waals surface area contributed by atoms with Crippen LogP contribution >= 0.6 is 31.9 Å². The van der Waals surface area contributed by atoms with Crippen LogP contribution in [0.4, 0.5) is 5.69 Å². The van der Waals surface area contributed by atoms with E-state index in [2.05, 4.69) is 36.6 Å². The predicted molar refractivity (Wildman–Crippen MR) is 156 cm³/mol. The van der Waals surface area contributed by atoms with E-state index in [0.717, 1.165) is 22.8 Å². The fraction of sp³-hybridized carbons (Fsp3) is 0.143. The second-order valence-electron chi connectivity index (χ2n) is 8.48. The molecule has 0 aliphatic rings. The largest absolute Gasteiger partial charge is 0.497 e. The van der Waals surface area contributed by atoms with Crippen molar-refractivity contribution in [1.82, 2.24) is 4.72 Å². The summed E-state index contributed by atoms with van der Waals surface area (Å²) in [5, 5.41) is 11.5. The highest BCUT2D eigenvalue weighted by atomic mass is 79.9. The van der Waals surface area contributed by atoms with E-state index in [0.29, 0.717) is 27.1 Å². The monoisotopic (exact) mass is 674 g/mol. The first kappa shape index (κ1) is 28.8. The van der Waals surface area contributed by atoms with Crippen LogP contribution in [0.5, 0.6) is 11.5 Å². The zero-order valence-corrected chi connectivity index (χ0v) is 24.7. The van der Waals surface area contributed by atoms with E-state index in [1.54, 1.807) is 19.2 Å². The van der Waals surface area contributed by atoms with Crippen LogP contribution in [0.3, 0.4) is 0 Å². The van der Waals surface area contributed by atoms with Gasteiger partial charge in [-0.25, -0.2) is 13.1 Å². The molecule has 4 aromatic carbocycles. The number of para-hydroxylation sites is 1. The number of sulfonamides is 1. The second kappa shape index (κ2) is 12.7. The van der Waals surface area contributed by atoms with Crippen molar-refractivity contribution in [2.24, 2.45) is 0 Å². The Morgan fingerprint density at radius 3 is 2.13 bits per heavy atom. The molecule has 0 spiro atoms. The van der Waals surface area contributed by atoms with Crippen molar-refractivity contribution >= 4 is 47.6 Å². The molecule has 4 aromatic rings. The molecular weight excluding hydrogens is 652 g/mol. The number of halogens is 2. The fourth-order valence-corrected chi connectivity index (χ4v) is 6.96. The molecule has 11 heteroatoms. The summed E-state index contributed by atoms with van der Waals surface area (Å²) >= 11 is 7.29. The summed E-state index contributed by atoms with van der Waals surface area (Å²) in [5.41, 5.74) is 2.11. The first-order valence-corrected chi connectivity index (χ1v) is 14.8. The highest BCUT2D eigenvalue weighted by Crippen LogP contribution is 2.39. The zero-order chi connectivity index (χ0) is 28.0. The summed E-state index contributed by atoms with van der Waals surface area (Å²) in [5.74, 6) is 0.802. The van der Waals surface area contributed by atoms with E-state index in [4.69, 9.17) is 9.47 Å². The lowest BCUT2D eigenvalue weighted by molar-refractivity contribution is -0.387. The molecule has 0 aromatic heterocycles. The van der Waals surface area contributed by atoms with Crippen LogP contribution < -0.4 is 14.2 Å². The number of nitro groups is 1. The molecular formula is C28H24Br2N2O6S. The molecule has 202 valence electrons. The molecule has 1 N–H and O–H groups in total. The molecule has 0 saturated carbocycles. The molecule has 0 aliphatic heterocycles. The molecule has 0 heterocycles. The molecule has 0 aliphatic carbocycles. The van der Waals surface area contributed by atoms with Gasteiger partial charge in [0.2, 0.25) is 10.0 Å². The lowest BCUT2D eigenvalue weighted by Gasteiger charge is -2.23. The van der Waals surface area contributed by atoms with Crippen molar-refractivity contribution in [2.75, 3.05) is 13.7 Å². The number of nitrogens with zero attached hydrogens (tertiary/aromatic N) is 1. The molecule has 0 bridgehead atoms. The lowest BCUT2D eigenvalue weighted by atomic mass is 9.91. The van der Waals surface area contributed by atoms with E-state index in [-0.39, 0.29) is 6.54 Å². The van der Waals surface area contributed by atoms with Gasteiger partial charge in [-0.1, -0.05) is 86.5 Å². The van der Waals surface area contributed by atoms with Gasteiger partial charge >= 0.3 is 0 Å². The predicted octanol–water partition coefficient (Wildman–Crippen LogP) is 6.82. The van der Waals surface area contributed by atoms with Gasteiger partial charge in [0.05, 0.1) is 12.0 Å². The van der Waals surface area contributed by atoms with Crippen molar-refractivity contribution in [2.45, 2.75) is 17.4 Å². The minimum Gasteiger partial charge on any atom is -0.497 e. The van der Waals surface area contributed by atoms with Crippen LogP contribution in [-0.2, 0) is 16.6 Å². The molecule has 0 fully saturated rings. The van der Waals surface area contributed by atoms with Gasteiger partial charge < -0.3 is 9.47 Å². The quantitative estimate of drug-likeness (QED) is 0.138. The van der Waals surface area contributed by atoms with Gasteiger partial charge in [-0.15, -0.1) is 0 Å². The summed E-state index contributed by atoms with van der Waals surface area (Å²) < 4.78 is 41.6. The minimum absolute atomic E-state index is 0.0673. The Kier molecular flexibility index (Phi) is 9.39.